The van der Waals surface area contributed by atoms with Gasteiger partial charge in [0.25, 0.3) is 0 Å². The van der Waals surface area contributed by atoms with Crippen LogP contribution in [0.4, 0.5) is 0 Å². The lowest BCUT2D eigenvalue weighted by molar-refractivity contribution is -0.149. The van der Waals surface area contributed by atoms with Gasteiger partial charge in [0.05, 0.1) is 18.9 Å². The third-order valence-corrected chi connectivity index (χ3v) is 6.70. The molecule has 1 aromatic heterocycles. The molecule has 0 spiro atoms. The Kier molecular flexibility index (Phi) is 7.37. The highest BCUT2D eigenvalue weighted by Gasteiger charge is 2.37. The number of aliphatic carboxylic acids is 2. The largest absolute Gasteiger partial charge is 0.494 e. The van der Waals surface area contributed by atoms with Crippen LogP contribution in [0.1, 0.15) is 31.4 Å². The van der Waals surface area contributed by atoms with E-state index in [1.165, 1.54) is 11.8 Å². The van der Waals surface area contributed by atoms with Gasteiger partial charge in [-0.3, -0.25) is 9.59 Å². The van der Waals surface area contributed by atoms with Gasteiger partial charge in [-0.25, -0.2) is 9.78 Å². The van der Waals surface area contributed by atoms with E-state index in [4.69, 9.17) is 4.74 Å². The molecule has 3 atom stereocenters. The first-order chi connectivity index (χ1) is 14.8. The molecule has 3 unspecified atom stereocenters. The van der Waals surface area contributed by atoms with Gasteiger partial charge in [-0.2, -0.15) is 0 Å². The van der Waals surface area contributed by atoms with Crippen molar-refractivity contribution >= 4 is 40.5 Å². The standard InChI is InChI=1S/C22H26N2O6S/c1-12-10-18(15-8-5-9-17(30-2)19(15)23-12)31-11-16(22(28)29)24-20(25)13-6-3-4-7-14(13)21(26)27/h5,8-10,13-14,16H,3-4,6-7,11H2,1-2H3,(H,24,25)(H,26,27)(H,28,29). The van der Waals surface area contributed by atoms with Crippen molar-refractivity contribution in [3.8, 4) is 5.75 Å². The summed E-state index contributed by atoms with van der Waals surface area (Å²) < 4.78 is 5.38. The van der Waals surface area contributed by atoms with E-state index in [1.54, 1.807) is 7.11 Å². The van der Waals surface area contributed by atoms with Crippen molar-refractivity contribution in [2.75, 3.05) is 12.9 Å². The predicted octanol–water partition coefficient (Wildman–Crippen LogP) is 3.10. The molecule has 1 aromatic carbocycles. The molecule has 31 heavy (non-hydrogen) atoms. The molecular formula is C22H26N2O6S. The summed E-state index contributed by atoms with van der Waals surface area (Å²) in [5.74, 6) is -3.41. The van der Waals surface area contributed by atoms with E-state index in [0.29, 0.717) is 24.1 Å². The fourth-order valence-corrected chi connectivity index (χ4v) is 5.11. The molecule has 0 bridgehead atoms. The number of hydrogen-bond acceptors (Lipinski definition) is 6. The number of carboxylic acids is 2. The first-order valence-electron chi connectivity index (χ1n) is 10.1. The Morgan fingerprint density at radius 2 is 1.94 bits per heavy atom. The van der Waals surface area contributed by atoms with Gasteiger partial charge in [-0.05, 0) is 31.9 Å². The summed E-state index contributed by atoms with van der Waals surface area (Å²) in [6.07, 6.45) is 2.41. The van der Waals surface area contributed by atoms with Gasteiger partial charge < -0.3 is 20.3 Å². The number of para-hydroxylation sites is 1. The maximum Gasteiger partial charge on any atom is 0.327 e. The molecule has 1 saturated carbocycles. The predicted molar refractivity (Wildman–Crippen MR) is 116 cm³/mol. The summed E-state index contributed by atoms with van der Waals surface area (Å²) >= 11 is 1.31. The summed E-state index contributed by atoms with van der Waals surface area (Å²) in [7, 11) is 1.57. The van der Waals surface area contributed by atoms with Gasteiger partial charge in [0.2, 0.25) is 5.91 Å². The van der Waals surface area contributed by atoms with Crippen molar-refractivity contribution in [1.29, 1.82) is 0 Å². The Morgan fingerprint density at radius 3 is 2.58 bits per heavy atom. The topological polar surface area (TPSA) is 126 Å². The quantitative estimate of drug-likeness (QED) is 0.528. The van der Waals surface area contributed by atoms with Crippen molar-refractivity contribution in [1.82, 2.24) is 10.3 Å². The molecule has 1 amide bonds. The normalized spacial score (nSPS) is 19.5. The number of benzene rings is 1. The minimum Gasteiger partial charge on any atom is -0.494 e. The van der Waals surface area contributed by atoms with Crippen LogP contribution in [0.5, 0.6) is 5.75 Å². The number of rotatable bonds is 8. The zero-order chi connectivity index (χ0) is 22.5. The molecule has 1 aliphatic rings. The molecular weight excluding hydrogens is 420 g/mol. The number of carboxylic acid groups (broad SMARTS) is 2. The molecule has 3 N–H and O–H groups in total. The Labute approximate surface area is 184 Å². The average molecular weight is 447 g/mol. The van der Waals surface area contributed by atoms with Crippen molar-refractivity contribution in [2.24, 2.45) is 11.8 Å². The van der Waals surface area contributed by atoms with Gasteiger partial charge in [0, 0.05) is 21.7 Å². The van der Waals surface area contributed by atoms with E-state index in [-0.39, 0.29) is 5.75 Å². The van der Waals surface area contributed by atoms with Crippen LogP contribution in [-0.4, -0.2) is 51.9 Å². The van der Waals surface area contributed by atoms with Gasteiger partial charge in [0.15, 0.2) is 0 Å². The Balaban J connectivity index is 1.76. The van der Waals surface area contributed by atoms with Crippen LogP contribution in [-0.2, 0) is 14.4 Å². The first-order valence-corrected chi connectivity index (χ1v) is 11.1. The van der Waals surface area contributed by atoms with Crippen molar-refractivity contribution in [3.63, 3.8) is 0 Å². The van der Waals surface area contributed by atoms with E-state index in [1.807, 2.05) is 31.2 Å². The fraction of sp³-hybridized carbons (Fsp3) is 0.455. The van der Waals surface area contributed by atoms with E-state index in [9.17, 15) is 24.6 Å². The number of ether oxygens (including phenoxy) is 1. The number of methoxy groups -OCH3 is 1. The summed E-state index contributed by atoms with van der Waals surface area (Å²) in [6.45, 7) is 1.85. The molecule has 0 radical (unpaired) electrons. The van der Waals surface area contributed by atoms with Crippen molar-refractivity contribution < 1.29 is 29.3 Å². The number of pyridine rings is 1. The third kappa shape index (κ3) is 5.28. The third-order valence-electron chi connectivity index (χ3n) is 5.55. The molecule has 0 aliphatic heterocycles. The van der Waals surface area contributed by atoms with Crippen LogP contribution in [0.3, 0.4) is 0 Å². The van der Waals surface area contributed by atoms with Crippen LogP contribution in [0, 0.1) is 18.8 Å². The minimum absolute atomic E-state index is 0.0985. The molecule has 1 fully saturated rings. The molecule has 9 heteroatoms. The van der Waals surface area contributed by atoms with E-state index in [0.717, 1.165) is 28.8 Å². The SMILES string of the molecule is COc1cccc2c(SCC(NC(=O)C3CCCCC3C(=O)O)C(=O)O)cc(C)nc12. The lowest BCUT2D eigenvalue weighted by atomic mass is 9.78. The van der Waals surface area contributed by atoms with Crippen molar-refractivity contribution in [3.05, 3.63) is 30.0 Å². The summed E-state index contributed by atoms with van der Waals surface area (Å²) in [4.78, 5) is 41.4. The monoisotopic (exact) mass is 446 g/mol. The number of nitrogens with one attached hydrogen (secondary N) is 1. The van der Waals surface area contributed by atoms with Crippen LogP contribution in [0.25, 0.3) is 10.9 Å². The zero-order valence-corrected chi connectivity index (χ0v) is 18.3. The maximum absolute atomic E-state index is 12.7. The van der Waals surface area contributed by atoms with Gasteiger partial charge in [-0.15, -0.1) is 11.8 Å². The highest BCUT2D eigenvalue weighted by molar-refractivity contribution is 7.99. The molecule has 2 aromatic rings. The summed E-state index contributed by atoms with van der Waals surface area (Å²) in [5, 5.41) is 22.5. The second-order valence-corrected chi connectivity index (χ2v) is 8.73. The number of hydrogen-bond donors (Lipinski definition) is 3. The van der Waals surface area contributed by atoms with E-state index >= 15 is 0 Å². The molecule has 1 aliphatic carbocycles. The first kappa shape index (κ1) is 22.9. The van der Waals surface area contributed by atoms with Gasteiger partial charge >= 0.3 is 11.9 Å². The van der Waals surface area contributed by atoms with Gasteiger partial charge in [0.1, 0.15) is 17.3 Å². The van der Waals surface area contributed by atoms with E-state index in [2.05, 4.69) is 10.3 Å². The van der Waals surface area contributed by atoms with Crippen LogP contribution < -0.4 is 10.1 Å². The highest BCUT2D eigenvalue weighted by Crippen LogP contribution is 2.33. The molecule has 0 saturated heterocycles. The number of thioether (sulfide) groups is 1. The summed E-state index contributed by atoms with van der Waals surface area (Å²) in [5.41, 5.74) is 1.46. The average Bonchev–Trinajstić information content (AvgIpc) is 2.75. The molecule has 3 rings (SSSR count). The summed E-state index contributed by atoms with van der Waals surface area (Å²) in [6, 6.07) is 6.28. The number of nitrogens with zero attached hydrogens (tertiary/aromatic N) is 1. The number of carbonyl (C=O) groups is 3. The lowest BCUT2D eigenvalue weighted by Crippen LogP contribution is -2.48. The fourth-order valence-electron chi connectivity index (χ4n) is 3.96. The number of fused-ring (bicyclic) bond motifs is 1. The smallest absolute Gasteiger partial charge is 0.327 e. The Bertz CT molecular complexity index is 995. The molecule has 1 heterocycles. The number of aromatic nitrogens is 1. The van der Waals surface area contributed by atoms with E-state index < -0.39 is 35.7 Å². The lowest BCUT2D eigenvalue weighted by Gasteiger charge is -2.28. The molecule has 8 nitrogen and oxygen atoms in total. The number of aryl methyl sites for hydroxylation is 1. The maximum atomic E-state index is 12.7. The van der Waals surface area contributed by atoms with Crippen LogP contribution in [0.2, 0.25) is 0 Å². The minimum atomic E-state index is -1.16. The second-order valence-electron chi connectivity index (χ2n) is 7.66. The van der Waals surface area contributed by atoms with Crippen LogP contribution in [0.15, 0.2) is 29.2 Å². The Hall–Kier alpha value is -2.81. The van der Waals surface area contributed by atoms with Crippen molar-refractivity contribution in [2.45, 2.75) is 43.5 Å². The van der Waals surface area contributed by atoms with Crippen LogP contribution >= 0.6 is 11.8 Å². The highest BCUT2D eigenvalue weighted by atomic mass is 32.2. The zero-order valence-electron chi connectivity index (χ0n) is 17.5. The Morgan fingerprint density at radius 1 is 1.23 bits per heavy atom. The van der Waals surface area contributed by atoms with Gasteiger partial charge in [-0.1, -0.05) is 25.0 Å². The second kappa shape index (κ2) is 10.00. The molecule has 166 valence electrons. The number of amides is 1. The number of carbonyl (C=O) groups excluding carboxylic acids is 1.